The van der Waals surface area contributed by atoms with Gasteiger partial charge in [0, 0.05) is 24.0 Å². The average molecular weight is 429 g/mol. The number of halogens is 1. The van der Waals surface area contributed by atoms with Crippen LogP contribution < -0.4 is 4.72 Å². The number of nitrogens with one attached hydrogen (secondary N) is 1. The quantitative estimate of drug-likeness (QED) is 0.611. The van der Waals surface area contributed by atoms with Gasteiger partial charge in [0.15, 0.2) is 5.65 Å². The van der Waals surface area contributed by atoms with Crippen LogP contribution in [0, 0.1) is 13.8 Å². The number of thiophene rings is 1. The van der Waals surface area contributed by atoms with E-state index in [1.807, 2.05) is 30.5 Å². The van der Waals surface area contributed by atoms with Crippen molar-refractivity contribution in [3.63, 3.8) is 0 Å². The minimum absolute atomic E-state index is 0.317. The molecule has 0 aliphatic carbocycles. The number of hydrogen-bond acceptors (Lipinski definition) is 5. The number of nitrogens with zero attached hydrogens (tertiary/aromatic N) is 3. The fraction of sp³-hybridized carbons (Fsp3) is 0.333. The molecule has 1 N–H and O–H groups in total. The molecule has 0 aliphatic heterocycles. The predicted molar refractivity (Wildman–Crippen MR) is 98.0 cm³/mol. The van der Waals surface area contributed by atoms with Crippen LogP contribution in [0.1, 0.15) is 23.5 Å². The van der Waals surface area contributed by atoms with Crippen molar-refractivity contribution in [3.8, 4) is 0 Å². The predicted octanol–water partition coefficient (Wildman–Crippen LogP) is 3.08. The summed E-state index contributed by atoms with van der Waals surface area (Å²) in [6, 6.07) is 7.26. The molecule has 0 amide bonds. The lowest BCUT2D eigenvalue weighted by molar-refractivity contribution is 0.580. The van der Waals surface area contributed by atoms with E-state index >= 15 is 0 Å². The second-order valence-electron chi connectivity index (χ2n) is 5.50. The summed E-state index contributed by atoms with van der Waals surface area (Å²) in [4.78, 5) is 4.45. The van der Waals surface area contributed by atoms with Crippen molar-refractivity contribution >= 4 is 42.9 Å². The van der Waals surface area contributed by atoms with Crippen LogP contribution in [0.4, 0.5) is 0 Å². The third-order valence-electron chi connectivity index (χ3n) is 3.50. The zero-order valence-electron chi connectivity index (χ0n) is 13.3. The molecule has 0 atom stereocenters. The number of aryl methyl sites for hydroxylation is 3. The minimum Gasteiger partial charge on any atom is -0.234 e. The highest BCUT2D eigenvalue weighted by Crippen LogP contribution is 2.25. The largest absolute Gasteiger partial charge is 0.250 e. The summed E-state index contributed by atoms with van der Waals surface area (Å²) in [5.74, 6) is 0. The first kappa shape index (κ1) is 17.5. The molecule has 0 saturated heterocycles. The lowest BCUT2D eigenvalue weighted by Gasteiger charge is -2.03. The van der Waals surface area contributed by atoms with Gasteiger partial charge < -0.3 is 0 Å². The molecule has 0 aromatic carbocycles. The standard InChI is InChI=1S/C15H17BrN4O2S2/c1-10-8-11(2)20-14(18-10)9-12(19-20)4-3-7-17-24(21,22)15-6-5-13(16)23-15/h5-6,8-9,17H,3-4,7H2,1-2H3. The van der Waals surface area contributed by atoms with E-state index in [2.05, 4.69) is 30.7 Å². The summed E-state index contributed by atoms with van der Waals surface area (Å²) in [5.41, 5.74) is 3.73. The second kappa shape index (κ2) is 6.91. The molecule has 0 aliphatic rings. The Bertz CT molecular complexity index is 979. The van der Waals surface area contributed by atoms with E-state index < -0.39 is 10.0 Å². The number of sulfonamides is 1. The molecule has 3 rings (SSSR count). The van der Waals surface area contributed by atoms with Gasteiger partial charge in [0.1, 0.15) is 4.21 Å². The van der Waals surface area contributed by atoms with E-state index in [4.69, 9.17) is 0 Å². The van der Waals surface area contributed by atoms with Crippen LogP contribution in [0.2, 0.25) is 0 Å². The van der Waals surface area contributed by atoms with Crippen molar-refractivity contribution in [1.29, 1.82) is 0 Å². The Labute approximate surface area is 153 Å². The molecule has 0 fully saturated rings. The van der Waals surface area contributed by atoms with Gasteiger partial charge in [-0.25, -0.2) is 22.6 Å². The molecular formula is C15H17BrN4O2S2. The molecule has 24 heavy (non-hydrogen) atoms. The highest BCUT2D eigenvalue weighted by molar-refractivity contribution is 9.11. The Morgan fingerprint density at radius 3 is 2.79 bits per heavy atom. The van der Waals surface area contributed by atoms with Gasteiger partial charge in [-0.3, -0.25) is 0 Å². The maximum atomic E-state index is 12.1. The van der Waals surface area contributed by atoms with Gasteiger partial charge in [-0.2, -0.15) is 5.10 Å². The SMILES string of the molecule is Cc1cc(C)n2nc(CCCNS(=O)(=O)c3ccc(Br)s3)cc2n1. The van der Waals surface area contributed by atoms with Gasteiger partial charge in [-0.1, -0.05) is 0 Å². The van der Waals surface area contributed by atoms with Crippen molar-refractivity contribution in [3.05, 3.63) is 45.1 Å². The molecule has 6 nitrogen and oxygen atoms in total. The molecule has 0 radical (unpaired) electrons. The number of fused-ring (bicyclic) bond motifs is 1. The molecule has 128 valence electrons. The normalized spacial score (nSPS) is 12.1. The zero-order chi connectivity index (χ0) is 17.3. The van der Waals surface area contributed by atoms with Crippen LogP contribution >= 0.6 is 27.3 Å². The molecule has 3 aromatic heterocycles. The van der Waals surface area contributed by atoms with Crippen molar-refractivity contribution in [2.45, 2.75) is 30.9 Å². The van der Waals surface area contributed by atoms with Crippen LogP contribution in [0.5, 0.6) is 0 Å². The van der Waals surface area contributed by atoms with Crippen molar-refractivity contribution < 1.29 is 8.42 Å². The third kappa shape index (κ3) is 3.85. The summed E-state index contributed by atoms with van der Waals surface area (Å²) < 4.78 is 29.8. The highest BCUT2D eigenvalue weighted by Gasteiger charge is 2.15. The summed E-state index contributed by atoms with van der Waals surface area (Å²) in [6.07, 6.45) is 1.37. The fourth-order valence-electron chi connectivity index (χ4n) is 2.45. The first-order valence-corrected chi connectivity index (χ1v) is 10.5. The summed E-state index contributed by atoms with van der Waals surface area (Å²) in [6.45, 7) is 4.32. The van der Waals surface area contributed by atoms with E-state index in [0.717, 1.165) is 26.5 Å². The molecule has 0 spiro atoms. The number of hydrogen-bond donors (Lipinski definition) is 1. The fourth-order valence-corrected chi connectivity index (χ4v) is 5.57. The van der Waals surface area contributed by atoms with E-state index in [9.17, 15) is 8.42 Å². The van der Waals surface area contributed by atoms with Crippen LogP contribution in [-0.4, -0.2) is 29.6 Å². The molecule has 3 aromatic rings. The molecular weight excluding hydrogens is 412 g/mol. The highest BCUT2D eigenvalue weighted by atomic mass is 79.9. The first-order chi connectivity index (χ1) is 11.3. The Morgan fingerprint density at radius 1 is 1.29 bits per heavy atom. The lowest BCUT2D eigenvalue weighted by Crippen LogP contribution is -2.24. The average Bonchev–Trinajstić information content (AvgIpc) is 3.10. The van der Waals surface area contributed by atoms with Gasteiger partial charge in [0.25, 0.3) is 0 Å². The Balaban J connectivity index is 1.60. The number of rotatable bonds is 6. The van der Waals surface area contributed by atoms with Gasteiger partial charge in [-0.15, -0.1) is 11.3 Å². The maximum Gasteiger partial charge on any atom is 0.250 e. The van der Waals surface area contributed by atoms with Gasteiger partial charge >= 0.3 is 0 Å². The minimum atomic E-state index is -3.43. The molecule has 9 heteroatoms. The van der Waals surface area contributed by atoms with Crippen molar-refractivity contribution in [1.82, 2.24) is 19.3 Å². The summed E-state index contributed by atoms with van der Waals surface area (Å²) in [5, 5.41) is 4.52. The van der Waals surface area contributed by atoms with E-state index in [1.54, 1.807) is 12.1 Å². The van der Waals surface area contributed by atoms with Crippen LogP contribution in [0.3, 0.4) is 0 Å². The second-order valence-corrected chi connectivity index (χ2v) is 9.96. The third-order valence-corrected chi connectivity index (χ3v) is 7.08. The zero-order valence-corrected chi connectivity index (χ0v) is 16.5. The smallest absolute Gasteiger partial charge is 0.234 e. The van der Waals surface area contributed by atoms with Crippen molar-refractivity contribution in [2.75, 3.05) is 6.54 Å². The maximum absolute atomic E-state index is 12.1. The molecule has 0 unspecified atom stereocenters. The van der Waals surface area contributed by atoms with Gasteiger partial charge in [-0.05, 0) is 60.8 Å². The molecule has 3 heterocycles. The van der Waals surface area contributed by atoms with Gasteiger partial charge in [0.2, 0.25) is 10.0 Å². The monoisotopic (exact) mass is 428 g/mol. The van der Waals surface area contributed by atoms with Crippen molar-refractivity contribution in [2.24, 2.45) is 0 Å². The van der Waals surface area contributed by atoms with Crippen LogP contribution in [0.15, 0.2) is 32.3 Å². The summed E-state index contributed by atoms with van der Waals surface area (Å²) >= 11 is 4.47. The molecule has 0 saturated carbocycles. The number of aromatic nitrogens is 3. The van der Waals surface area contributed by atoms with Crippen LogP contribution in [0.25, 0.3) is 5.65 Å². The topological polar surface area (TPSA) is 76.4 Å². The molecule has 0 bridgehead atoms. The lowest BCUT2D eigenvalue weighted by atomic mass is 10.2. The van der Waals surface area contributed by atoms with E-state index in [-0.39, 0.29) is 0 Å². The summed E-state index contributed by atoms with van der Waals surface area (Å²) in [7, 11) is -3.43. The van der Waals surface area contributed by atoms with E-state index in [1.165, 1.54) is 11.3 Å². The van der Waals surface area contributed by atoms with Crippen LogP contribution in [-0.2, 0) is 16.4 Å². The Kier molecular flexibility index (Phi) is 5.05. The Morgan fingerprint density at radius 2 is 2.08 bits per heavy atom. The Hall–Kier alpha value is -1.29. The van der Waals surface area contributed by atoms with E-state index in [0.29, 0.717) is 23.6 Å². The first-order valence-electron chi connectivity index (χ1n) is 7.43. The van der Waals surface area contributed by atoms with Gasteiger partial charge in [0.05, 0.1) is 9.48 Å².